The van der Waals surface area contributed by atoms with E-state index >= 15 is 0 Å². The molecule has 16 heavy (non-hydrogen) atoms. The van der Waals surface area contributed by atoms with E-state index in [1.54, 1.807) is 22.2 Å². The number of thiazole rings is 1. The van der Waals surface area contributed by atoms with E-state index in [0.29, 0.717) is 12.2 Å². The number of nitrogens with zero attached hydrogens (tertiary/aromatic N) is 3. The van der Waals surface area contributed by atoms with Crippen molar-refractivity contribution in [1.82, 2.24) is 14.8 Å². The molecule has 2 rings (SSSR count). The van der Waals surface area contributed by atoms with Crippen LogP contribution >= 0.6 is 11.3 Å². The fraction of sp³-hybridized carbons (Fsp3) is 0.222. The van der Waals surface area contributed by atoms with E-state index < -0.39 is 5.91 Å². The number of carbonyl (C=O) groups is 1. The van der Waals surface area contributed by atoms with Crippen LogP contribution in [0.5, 0.6) is 0 Å². The Bertz CT molecular complexity index is 530. The molecule has 0 unspecified atom stereocenters. The van der Waals surface area contributed by atoms with E-state index in [0.717, 1.165) is 10.7 Å². The summed E-state index contributed by atoms with van der Waals surface area (Å²) in [6.45, 7) is 2.42. The van der Waals surface area contributed by atoms with Crippen LogP contribution in [0.25, 0.3) is 0 Å². The van der Waals surface area contributed by atoms with Gasteiger partial charge < -0.3 is 11.5 Å². The maximum absolute atomic E-state index is 10.9. The summed E-state index contributed by atoms with van der Waals surface area (Å²) < 4.78 is 1.56. The Morgan fingerprint density at radius 1 is 1.62 bits per heavy atom. The fourth-order valence-corrected chi connectivity index (χ4v) is 1.96. The first-order chi connectivity index (χ1) is 7.56. The Morgan fingerprint density at radius 3 is 2.88 bits per heavy atom. The summed E-state index contributed by atoms with van der Waals surface area (Å²) in [4.78, 5) is 15.2. The van der Waals surface area contributed by atoms with Crippen LogP contribution < -0.4 is 11.5 Å². The Labute approximate surface area is 95.9 Å². The van der Waals surface area contributed by atoms with Crippen LogP contribution in [0.3, 0.4) is 0 Å². The minimum atomic E-state index is -0.620. The van der Waals surface area contributed by atoms with Crippen LogP contribution in [0.4, 0.5) is 5.69 Å². The molecule has 1 amide bonds. The van der Waals surface area contributed by atoms with Crippen LogP contribution in [0.15, 0.2) is 11.6 Å². The summed E-state index contributed by atoms with van der Waals surface area (Å²) in [7, 11) is 0. The number of amides is 1. The number of hydrogen-bond acceptors (Lipinski definition) is 5. The minimum absolute atomic E-state index is 0.104. The zero-order valence-corrected chi connectivity index (χ0v) is 9.49. The predicted octanol–water partition coefficient (Wildman–Crippen LogP) is 0.377. The normalized spacial score (nSPS) is 10.6. The third-order valence-corrected chi connectivity index (χ3v) is 2.84. The summed E-state index contributed by atoms with van der Waals surface area (Å²) in [5.41, 5.74) is 12.0. The molecule has 0 aliphatic rings. The van der Waals surface area contributed by atoms with E-state index in [9.17, 15) is 4.79 Å². The van der Waals surface area contributed by atoms with Gasteiger partial charge in [-0.05, 0) is 6.92 Å². The minimum Gasteiger partial charge on any atom is -0.396 e. The van der Waals surface area contributed by atoms with Crippen molar-refractivity contribution in [2.45, 2.75) is 13.5 Å². The molecule has 6 nitrogen and oxygen atoms in total. The lowest BCUT2D eigenvalue weighted by molar-refractivity contribution is 0.0995. The maximum Gasteiger partial charge on any atom is 0.271 e. The molecule has 2 heterocycles. The summed E-state index contributed by atoms with van der Waals surface area (Å²) in [5.74, 6) is -0.620. The Balaban J connectivity index is 2.22. The third-order valence-electron chi connectivity index (χ3n) is 2.01. The first-order valence-electron chi connectivity index (χ1n) is 4.60. The van der Waals surface area contributed by atoms with Crippen molar-refractivity contribution in [2.75, 3.05) is 5.73 Å². The molecule has 0 aliphatic carbocycles. The molecule has 0 atom stereocenters. The van der Waals surface area contributed by atoms with Crippen molar-refractivity contribution in [1.29, 1.82) is 0 Å². The van der Waals surface area contributed by atoms with E-state index in [1.165, 1.54) is 0 Å². The second-order valence-electron chi connectivity index (χ2n) is 3.35. The van der Waals surface area contributed by atoms with Crippen molar-refractivity contribution < 1.29 is 4.79 Å². The number of primary amides is 1. The number of aryl methyl sites for hydroxylation is 1. The molecule has 0 saturated heterocycles. The summed E-state index contributed by atoms with van der Waals surface area (Å²) in [6, 6.07) is 0. The van der Waals surface area contributed by atoms with E-state index in [1.807, 2.05) is 12.3 Å². The second-order valence-corrected chi connectivity index (χ2v) is 4.41. The summed E-state index contributed by atoms with van der Waals surface area (Å²) in [6.07, 6.45) is 1.58. The SMILES string of the molecule is Cc1nc(Cn2cc(N)c(C(N)=O)n2)cs1. The average Bonchev–Trinajstić information content (AvgIpc) is 2.73. The van der Waals surface area contributed by atoms with Crippen molar-refractivity contribution in [2.24, 2.45) is 5.73 Å². The van der Waals surface area contributed by atoms with Gasteiger partial charge in [0, 0.05) is 11.6 Å². The van der Waals surface area contributed by atoms with Gasteiger partial charge >= 0.3 is 0 Å². The van der Waals surface area contributed by atoms with Gasteiger partial charge in [-0.1, -0.05) is 0 Å². The average molecular weight is 237 g/mol. The third kappa shape index (κ3) is 2.03. The highest BCUT2D eigenvalue weighted by Crippen LogP contribution is 2.12. The molecular formula is C9H11N5OS. The lowest BCUT2D eigenvalue weighted by Gasteiger charge is -1.96. The number of nitrogen functional groups attached to an aromatic ring is 1. The monoisotopic (exact) mass is 237 g/mol. The first kappa shape index (κ1) is 10.6. The number of carbonyl (C=O) groups excluding carboxylic acids is 1. The van der Waals surface area contributed by atoms with Crippen LogP contribution in [0.1, 0.15) is 21.2 Å². The highest BCUT2D eigenvalue weighted by molar-refractivity contribution is 7.09. The topological polar surface area (TPSA) is 99.8 Å². The van der Waals surface area contributed by atoms with Crippen molar-refractivity contribution >= 4 is 22.9 Å². The van der Waals surface area contributed by atoms with Crippen molar-refractivity contribution in [3.63, 3.8) is 0 Å². The molecule has 0 saturated carbocycles. The molecule has 0 aliphatic heterocycles. The molecule has 0 spiro atoms. The van der Waals surface area contributed by atoms with Gasteiger partial charge in [0.2, 0.25) is 0 Å². The Hall–Kier alpha value is -1.89. The van der Waals surface area contributed by atoms with Gasteiger partial charge in [-0.15, -0.1) is 11.3 Å². The maximum atomic E-state index is 10.9. The predicted molar refractivity (Wildman–Crippen MR) is 61.1 cm³/mol. The summed E-state index contributed by atoms with van der Waals surface area (Å²) >= 11 is 1.57. The molecule has 84 valence electrons. The van der Waals surface area contributed by atoms with Crippen molar-refractivity contribution in [3.8, 4) is 0 Å². The van der Waals surface area contributed by atoms with Crippen LogP contribution in [-0.2, 0) is 6.54 Å². The molecule has 7 heteroatoms. The molecular weight excluding hydrogens is 226 g/mol. The molecule has 0 radical (unpaired) electrons. The lowest BCUT2D eigenvalue weighted by atomic mass is 10.4. The van der Waals surface area contributed by atoms with E-state index in [-0.39, 0.29) is 5.69 Å². The van der Waals surface area contributed by atoms with Gasteiger partial charge in [-0.25, -0.2) is 4.98 Å². The van der Waals surface area contributed by atoms with Gasteiger partial charge in [0.05, 0.1) is 22.9 Å². The number of anilines is 1. The summed E-state index contributed by atoms with van der Waals surface area (Å²) in [5, 5.41) is 6.93. The van der Waals surface area contributed by atoms with Crippen molar-refractivity contribution in [3.05, 3.63) is 28.0 Å². The van der Waals surface area contributed by atoms with Crippen LogP contribution in [0.2, 0.25) is 0 Å². The first-order valence-corrected chi connectivity index (χ1v) is 5.48. The van der Waals surface area contributed by atoms with Crippen LogP contribution in [0, 0.1) is 6.92 Å². The second kappa shape index (κ2) is 3.93. The molecule has 4 N–H and O–H groups in total. The molecule has 0 bridgehead atoms. The Kier molecular flexibility index (Phi) is 2.61. The molecule has 2 aromatic heterocycles. The smallest absolute Gasteiger partial charge is 0.271 e. The van der Waals surface area contributed by atoms with Gasteiger partial charge in [0.1, 0.15) is 0 Å². The van der Waals surface area contributed by atoms with E-state index in [4.69, 9.17) is 11.5 Å². The fourth-order valence-electron chi connectivity index (χ4n) is 1.36. The van der Waals surface area contributed by atoms with E-state index in [2.05, 4.69) is 10.1 Å². The Morgan fingerprint density at radius 2 is 2.38 bits per heavy atom. The van der Waals surface area contributed by atoms with Gasteiger partial charge in [-0.2, -0.15) is 5.10 Å². The standard InChI is InChI=1S/C9H11N5OS/c1-5-12-6(4-16-5)2-14-3-7(10)8(13-14)9(11)15/h3-4H,2,10H2,1H3,(H2,11,15). The quantitative estimate of drug-likeness (QED) is 0.805. The molecule has 0 aromatic carbocycles. The number of hydrogen-bond donors (Lipinski definition) is 2. The zero-order valence-electron chi connectivity index (χ0n) is 8.67. The van der Waals surface area contributed by atoms with Gasteiger partial charge in [0.15, 0.2) is 5.69 Å². The highest BCUT2D eigenvalue weighted by atomic mass is 32.1. The highest BCUT2D eigenvalue weighted by Gasteiger charge is 2.11. The van der Waals surface area contributed by atoms with Gasteiger partial charge in [-0.3, -0.25) is 9.48 Å². The lowest BCUT2D eigenvalue weighted by Crippen LogP contribution is -2.14. The number of aromatic nitrogens is 3. The number of rotatable bonds is 3. The largest absolute Gasteiger partial charge is 0.396 e. The van der Waals surface area contributed by atoms with Gasteiger partial charge in [0.25, 0.3) is 5.91 Å². The molecule has 0 fully saturated rings. The number of nitrogens with two attached hydrogens (primary N) is 2. The van der Waals surface area contributed by atoms with Crippen LogP contribution in [-0.4, -0.2) is 20.7 Å². The molecule has 2 aromatic rings. The zero-order chi connectivity index (χ0) is 11.7.